The maximum absolute atomic E-state index is 12.6. The third-order valence-corrected chi connectivity index (χ3v) is 4.13. The zero-order chi connectivity index (χ0) is 22.1. The first-order valence-electron chi connectivity index (χ1n) is 8.84. The smallest absolute Gasteiger partial charge is 0.326 e. The molecule has 1 aromatic carbocycles. The van der Waals surface area contributed by atoms with Crippen molar-refractivity contribution < 1.29 is 34.5 Å². The zero-order valence-electron chi connectivity index (χ0n) is 15.9. The highest BCUT2D eigenvalue weighted by atomic mass is 16.4. The molecule has 9 N–H and O–H groups in total. The minimum atomic E-state index is -1.33. The minimum Gasteiger partial charge on any atom is -0.508 e. The Kier molecular flexibility index (Phi) is 9.03. The number of aliphatic carboxylic acids is 1. The van der Waals surface area contributed by atoms with Crippen LogP contribution in [0.2, 0.25) is 0 Å². The van der Waals surface area contributed by atoms with Crippen LogP contribution in [0.15, 0.2) is 24.3 Å². The van der Waals surface area contributed by atoms with E-state index in [1.165, 1.54) is 31.2 Å². The number of aliphatic hydroxyl groups excluding tert-OH is 1. The molecule has 0 bridgehead atoms. The Labute approximate surface area is 167 Å². The number of hydrogen-bond donors (Lipinski definition) is 7. The number of hydrogen-bond acceptors (Lipinski definition) is 7. The predicted octanol–water partition coefficient (Wildman–Crippen LogP) is -2.04. The van der Waals surface area contributed by atoms with E-state index in [0.717, 1.165) is 0 Å². The van der Waals surface area contributed by atoms with Crippen LogP contribution in [0.3, 0.4) is 0 Å². The number of nitrogens with one attached hydrogen (secondary N) is 2. The Morgan fingerprint density at radius 3 is 2.07 bits per heavy atom. The predicted molar refractivity (Wildman–Crippen MR) is 101 cm³/mol. The van der Waals surface area contributed by atoms with E-state index >= 15 is 0 Å². The van der Waals surface area contributed by atoms with Crippen molar-refractivity contribution in [2.45, 2.75) is 50.4 Å². The van der Waals surface area contributed by atoms with Gasteiger partial charge in [0.2, 0.25) is 17.7 Å². The summed E-state index contributed by atoms with van der Waals surface area (Å²) in [6.45, 7) is 1.29. The van der Waals surface area contributed by atoms with Gasteiger partial charge in [0.1, 0.15) is 23.9 Å². The van der Waals surface area contributed by atoms with Gasteiger partial charge in [-0.2, -0.15) is 0 Å². The molecule has 0 aromatic heterocycles. The summed E-state index contributed by atoms with van der Waals surface area (Å²) in [6.07, 6.45) is -1.68. The molecule has 160 valence electrons. The highest BCUT2D eigenvalue weighted by Crippen LogP contribution is 2.12. The molecular formula is C18H26N4O7. The monoisotopic (exact) mass is 410 g/mol. The first-order chi connectivity index (χ1) is 13.5. The highest BCUT2D eigenvalue weighted by molar-refractivity contribution is 5.92. The normalized spacial score (nSPS) is 14.9. The number of primary amides is 1. The van der Waals surface area contributed by atoms with Gasteiger partial charge in [0.25, 0.3) is 0 Å². The van der Waals surface area contributed by atoms with Crippen LogP contribution in [0, 0.1) is 0 Å². The summed E-state index contributed by atoms with van der Waals surface area (Å²) < 4.78 is 0. The van der Waals surface area contributed by atoms with Crippen molar-refractivity contribution in [3.8, 4) is 5.75 Å². The summed E-state index contributed by atoms with van der Waals surface area (Å²) in [4.78, 5) is 47.2. The molecule has 29 heavy (non-hydrogen) atoms. The van der Waals surface area contributed by atoms with Gasteiger partial charge in [-0.15, -0.1) is 0 Å². The van der Waals surface area contributed by atoms with Crippen LogP contribution in [0.4, 0.5) is 0 Å². The second-order valence-electron chi connectivity index (χ2n) is 6.60. The number of carbonyl (C=O) groups is 4. The van der Waals surface area contributed by atoms with E-state index in [2.05, 4.69) is 10.6 Å². The Hall–Kier alpha value is -3.18. The second-order valence-corrected chi connectivity index (χ2v) is 6.60. The van der Waals surface area contributed by atoms with Gasteiger partial charge in [0, 0.05) is 12.8 Å². The highest BCUT2D eigenvalue weighted by Gasteiger charge is 2.29. The van der Waals surface area contributed by atoms with Gasteiger partial charge >= 0.3 is 5.97 Å². The van der Waals surface area contributed by atoms with Crippen molar-refractivity contribution in [2.75, 3.05) is 0 Å². The van der Waals surface area contributed by atoms with Gasteiger partial charge in [0.15, 0.2) is 0 Å². The maximum Gasteiger partial charge on any atom is 0.326 e. The van der Waals surface area contributed by atoms with Crippen molar-refractivity contribution in [3.05, 3.63) is 29.8 Å². The first-order valence-corrected chi connectivity index (χ1v) is 8.84. The number of aromatic hydroxyl groups is 1. The summed E-state index contributed by atoms with van der Waals surface area (Å²) in [5, 5.41) is 32.7. The van der Waals surface area contributed by atoms with Crippen molar-refractivity contribution in [3.63, 3.8) is 0 Å². The lowest BCUT2D eigenvalue weighted by atomic mass is 10.0. The minimum absolute atomic E-state index is 0.00772. The average Bonchev–Trinajstić information content (AvgIpc) is 2.64. The molecule has 11 nitrogen and oxygen atoms in total. The van der Waals surface area contributed by atoms with E-state index in [1.807, 2.05) is 0 Å². The van der Waals surface area contributed by atoms with Crippen molar-refractivity contribution in [1.29, 1.82) is 0 Å². The Balaban J connectivity index is 2.90. The number of rotatable bonds is 11. The number of carboxylic acid groups (broad SMARTS) is 1. The molecular weight excluding hydrogens is 384 g/mol. The van der Waals surface area contributed by atoms with Gasteiger partial charge in [-0.25, -0.2) is 4.79 Å². The molecule has 0 spiro atoms. The molecule has 0 radical (unpaired) electrons. The molecule has 1 rings (SSSR count). The largest absolute Gasteiger partial charge is 0.508 e. The van der Waals surface area contributed by atoms with Crippen molar-refractivity contribution in [1.82, 2.24) is 10.6 Å². The molecule has 0 aliphatic carbocycles. The molecule has 1 aromatic rings. The van der Waals surface area contributed by atoms with Gasteiger partial charge in [0.05, 0.1) is 6.10 Å². The topological polar surface area (TPSA) is 205 Å². The van der Waals surface area contributed by atoms with Gasteiger partial charge in [-0.05, 0) is 31.0 Å². The number of nitrogens with two attached hydrogens (primary N) is 2. The van der Waals surface area contributed by atoms with Crippen LogP contribution in [0.5, 0.6) is 5.75 Å². The van der Waals surface area contributed by atoms with Crippen LogP contribution in [0.25, 0.3) is 0 Å². The fourth-order valence-corrected chi connectivity index (χ4v) is 2.38. The number of amides is 3. The first kappa shape index (κ1) is 23.9. The van der Waals surface area contributed by atoms with E-state index in [1.54, 1.807) is 0 Å². The Bertz CT molecular complexity index is 736. The van der Waals surface area contributed by atoms with Crippen molar-refractivity contribution in [2.24, 2.45) is 11.5 Å². The van der Waals surface area contributed by atoms with E-state index in [9.17, 15) is 34.5 Å². The summed E-state index contributed by atoms with van der Waals surface area (Å²) >= 11 is 0. The maximum atomic E-state index is 12.6. The van der Waals surface area contributed by atoms with Gasteiger partial charge < -0.3 is 37.4 Å². The molecule has 0 heterocycles. The molecule has 3 amide bonds. The summed E-state index contributed by atoms with van der Waals surface area (Å²) in [5.41, 5.74) is 11.2. The second kappa shape index (κ2) is 11.0. The zero-order valence-corrected chi connectivity index (χ0v) is 15.9. The Morgan fingerprint density at radius 1 is 1.03 bits per heavy atom. The molecule has 0 saturated heterocycles. The van der Waals surface area contributed by atoms with Gasteiger partial charge in [-0.3, -0.25) is 14.4 Å². The summed E-state index contributed by atoms with van der Waals surface area (Å²) in [5.74, 6) is -3.70. The van der Waals surface area contributed by atoms with Crippen molar-refractivity contribution >= 4 is 23.7 Å². The quantitative estimate of drug-likeness (QED) is 0.216. The molecule has 0 aliphatic rings. The lowest BCUT2D eigenvalue weighted by Crippen LogP contribution is -2.56. The standard InChI is InChI=1S/C18H26N4O7/c1-9(23)15(20)17(27)21-12(6-7-14(19)25)16(26)22-13(18(28)29)8-10-2-4-11(24)5-3-10/h2-5,9,12-13,15,23-24H,6-8,20H2,1H3,(H2,19,25)(H,21,27)(H,22,26)(H,28,29). The van der Waals surface area contributed by atoms with Crippen LogP contribution in [0.1, 0.15) is 25.3 Å². The fourth-order valence-electron chi connectivity index (χ4n) is 2.38. The number of benzene rings is 1. The van der Waals surface area contributed by atoms with E-state index in [4.69, 9.17) is 11.5 Å². The summed E-state index contributed by atoms with van der Waals surface area (Å²) in [6, 6.07) is 1.85. The molecule has 0 saturated carbocycles. The van der Waals surface area contributed by atoms with Gasteiger partial charge in [-0.1, -0.05) is 12.1 Å². The van der Waals surface area contributed by atoms with Crippen LogP contribution in [-0.4, -0.2) is 63.2 Å². The Morgan fingerprint density at radius 2 is 1.59 bits per heavy atom. The van der Waals surface area contributed by atoms with Crippen LogP contribution >= 0.6 is 0 Å². The van der Waals surface area contributed by atoms with E-state index < -0.39 is 47.9 Å². The van der Waals surface area contributed by atoms with E-state index in [0.29, 0.717) is 5.56 Å². The van der Waals surface area contributed by atoms with E-state index in [-0.39, 0.29) is 25.0 Å². The summed E-state index contributed by atoms with van der Waals surface area (Å²) in [7, 11) is 0. The average molecular weight is 410 g/mol. The lowest BCUT2D eigenvalue weighted by molar-refractivity contribution is -0.142. The van der Waals surface area contributed by atoms with Crippen LogP contribution in [-0.2, 0) is 25.6 Å². The number of phenolic OH excluding ortho intramolecular Hbond substituents is 1. The fraction of sp³-hybridized carbons (Fsp3) is 0.444. The molecule has 4 unspecified atom stereocenters. The number of carbonyl (C=O) groups excluding carboxylic acids is 3. The number of carboxylic acids is 1. The third kappa shape index (κ3) is 8.15. The molecule has 4 atom stereocenters. The lowest BCUT2D eigenvalue weighted by Gasteiger charge is -2.23. The number of phenols is 1. The van der Waals surface area contributed by atoms with Crippen LogP contribution < -0.4 is 22.1 Å². The molecule has 0 fully saturated rings. The SMILES string of the molecule is CC(O)C(N)C(=O)NC(CCC(N)=O)C(=O)NC(Cc1ccc(O)cc1)C(=O)O. The third-order valence-electron chi connectivity index (χ3n) is 4.13. The molecule has 0 aliphatic heterocycles. The molecule has 11 heteroatoms. The number of aliphatic hydroxyl groups is 1.